The van der Waals surface area contributed by atoms with E-state index >= 15 is 0 Å². The maximum atomic E-state index is 12.0. The van der Waals surface area contributed by atoms with Crippen LogP contribution in [-0.4, -0.2) is 11.0 Å². The number of hydrogen-bond donors (Lipinski definition) is 2. The van der Waals surface area contributed by atoms with E-state index in [2.05, 4.69) is 5.32 Å². The number of benzene rings is 1. The van der Waals surface area contributed by atoms with Crippen LogP contribution in [0.1, 0.15) is 28.2 Å². The Hall–Kier alpha value is -1.52. The normalized spacial score (nSPS) is 12.1. The minimum atomic E-state index is -0.295. The Morgan fingerprint density at radius 1 is 1.44 bits per heavy atom. The van der Waals surface area contributed by atoms with Gasteiger partial charge in [0.2, 0.25) is 0 Å². The number of phenols is 1. The number of nitrogens with one attached hydrogen (secondary N) is 1. The zero-order chi connectivity index (χ0) is 13.1. The number of carbonyl (C=O) groups excluding carboxylic acids is 1. The van der Waals surface area contributed by atoms with E-state index in [-0.39, 0.29) is 23.3 Å². The maximum absolute atomic E-state index is 12.0. The molecule has 0 aliphatic heterocycles. The Morgan fingerprint density at radius 2 is 2.22 bits per heavy atom. The third kappa shape index (κ3) is 2.83. The molecule has 1 atom stereocenters. The zero-order valence-electron chi connectivity index (χ0n) is 9.68. The Balaban J connectivity index is 2.15. The minimum absolute atomic E-state index is 0.0216. The molecule has 1 amide bonds. The van der Waals surface area contributed by atoms with Crippen LogP contribution < -0.4 is 5.32 Å². The predicted molar refractivity (Wildman–Crippen MR) is 73.3 cm³/mol. The fourth-order valence-electron chi connectivity index (χ4n) is 1.57. The number of amides is 1. The van der Waals surface area contributed by atoms with Gasteiger partial charge in [-0.1, -0.05) is 17.7 Å². The van der Waals surface area contributed by atoms with Gasteiger partial charge >= 0.3 is 0 Å². The van der Waals surface area contributed by atoms with Gasteiger partial charge in [-0.2, -0.15) is 0 Å². The van der Waals surface area contributed by atoms with Crippen molar-refractivity contribution in [3.63, 3.8) is 0 Å². The number of rotatable bonds is 3. The summed E-state index contributed by atoms with van der Waals surface area (Å²) in [5.74, 6) is -0.273. The summed E-state index contributed by atoms with van der Waals surface area (Å²) in [5, 5.41) is 14.5. The van der Waals surface area contributed by atoms with Crippen molar-refractivity contribution in [3.05, 3.63) is 51.2 Å². The molecular formula is C13H12ClNO2S. The van der Waals surface area contributed by atoms with Gasteiger partial charge < -0.3 is 10.4 Å². The number of carbonyl (C=O) groups is 1. The molecule has 2 rings (SSSR count). The van der Waals surface area contributed by atoms with Crippen molar-refractivity contribution in [2.45, 2.75) is 13.0 Å². The van der Waals surface area contributed by atoms with Gasteiger partial charge in [0, 0.05) is 4.88 Å². The van der Waals surface area contributed by atoms with E-state index in [9.17, 15) is 9.90 Å². The van der Waals surface area contributed by atoms with Crippen molar-refractivity contribution in [2.24, 2.45) is 0 Å². The molecule has 1 aromatic heterocycles. The van der Waals surface area contributed by atoms with Gasteiger partial charge in [0.25, 0.3) is 5.91 Å². The fraction of sp³-hybridized carbons (Fsp3) is 0.154. The van der Waals surface area contributed by atoms with Gasteiger partial charge in [0.05, 0.1) is 16.6 Å². The zero-order valence-corrected chi connectivity index (χ0v) is 11.3. The lowest BCUT2D eigenvalue weighted by Crippen LogP contribution is -2.26. The average molecular weight is 282 g/mol. The van der Waals surface area contributed by atoms with Gasteiger partial charge in [-0.05, 0) is 36.6 Å². The first-order valence-electron chi connectivity index (χ1n) is 5.40. The molecular weight excluding hydrogens is 270 g/mol. The molecule has 18 heavy (non-hydrogen) atoms. The second-order valence-electron chi connectivity index (χ2n) is 3.87. The Bertz CT molecular complexity index is 554. The molecule has 2 N–H and O–H groups in total. The lowest BCUT2D eigenvalue weighted by molar-refractivity contribution is 0.0940. The van der Waals surface area contributed by atoms with Gasteiger partial charge in [0.1, 0.15) is 5.75 Å². The first-order chi connectivity index (χ1) is 8.58. The third-order valence-corrected chi connectivity index (χ3v) is 3.90. The Morgan fingerprint density at radius 3 is 2.89 bits per heavy atom. The van der Waals surface area contributed by atoms with Crippen LogP contribution in [0.2, 0.25) is 5.02 Å². The van der Waals surface area contributed by atoms with Crippen LogP contribution in [0.4, 0.5) is 0 Å². The van der Waals surface area contributed by atoms with E-state index in [1.54, 1.807) is 11.3 Å². The fourth-order valence-corrected chi connectivity index (χ4v) is 2.51. The van der Waals surface area contributed by atoms with Gasteiger partial charge in [-0.3, -0.25) is 4.79 Å². The molecule has 3 nitrogen and oxygen atoms in total. The summed E-state index contributed by atoms with van der Waals surface area (Å²) in [7, 11) is 0. The van der Waals surface area contributed by atoms with Crippen LogP contribution in [0.3, 0.4) is 0 Å². The molecule has 0 aliphatic carbocycles. The second-order valence-corrected chi connectivity index (χ2v) is 5.26. The molecule has 0 spiro atoms. The highest BCUT2D eigenvalue weighted by atomic mass is 35.5. The van der Waals surface area contributed by atoms with Crippen molar-refractivity contribution in [2.75, 3.05) is 0 Å². The monoisotopic (exact) mass is 281 g/mol. The van der Waals surface area contributed by atoms with Crippen molar-refractivity contribution in [1.82, 2.24) is 5.32 Å². The van der Waals surface area contributed by atoms with E-state index < -0.39 is 0 Å². The number of hydrogen-bond acceptors (Lipinski definition) is 3. The summed E-state index contributed by atoms with van der Waals surface area (Å²) in [5.41, 5.74) is 0.278. The van der Waals surface area contributed by atoms with Crippen LogP contribution in [0, 0.1) is 0 Å². The highest BCUT2D eigenvalue weighted by Crippen LogP contribution is 2.23. The summed E-state index contributed by atoms with van der Waals surface area (Å²) < 4.78 is 0. The first kappa shape index (κ1) is 12.9. The Labute approximate surface area is 114 Å². The van der Waals surface area contributed by atoms with Crippen molar-refractivity contribution >= 4 is 28.8 Å². The van der Waals surface area contributed by atoms with Gasteiger partial charge in [-0.15, -0.1) is 11.3 Å². The Kier molecular flexibility index (Phi) is 3.89. The van der Waals surface area contributed by atoms with Crippen LogP contribution in [0.15, 0.2) is 35.7 Å². The van der Waals surface area contributed by atoms with Crippen LogP contribution in [0.25, 0.3) is 0 Å². The molecule has 0 bridgehead atoms. The molecule has 0 saturated carbocycles. The van der Waals surface area contributed by atoms with Crippen molar-refractivity contribution in [1.29, 1.82) is 0 Å². The van der Waals surface area contributed by atoms with Crippen LogP contribution in [0.5, 0.6) is 5.75 Å². The van der Waals surface area contributed by atoms with Crippen LogP contribution >= 0.6 is 22.9 Å². The quantitative estimate of drug-likeness (QED) is 0.903. The topological polar surface area (TPSA) is 49.3 Å². The van der Waals surface area contributed by atoms with Crippen molar-refractivity contribution in [3.8, 4) is 5.75 Å². The standard InChI is InChI=1S/C13H12ClNO2S/c1-8(12-3-2-6-18-12)15-13(17)10-7-9(16)4-5-11(10)14/h2-8,16H,1H3,(H,15,17). The average Bonchev–Trinajstić information content (AvgIpc) is 2.85. The summed E-state index contributed by atoms with van der Waals surface area (Å²) in [6.07, 6.45) is 0. The molecule has 0 saturated heterocycles. The molecule has 1 heterocycles. The molecule has 0 radical (unpaired) electrons. The molecule has 2 aromatic rings. The molecule has 0 aliphatic rings. The number of halogens is 1. The maximum Gasteiger partial charge on any atom is 0.253 e. The van der Waals surface area contributed by atoms with E-state index in [0.29, 0.717) is 5.02 Å². The van der Waals surface area contributed by atoms with E-state index in [0.717, 1.165) is 4.88 Å². The van der Waals surface area contributed by atoms with Crippen molar-refractivity contribution < 1.29 is 9.90 Å². The lowest BCUT2D eigenvalue weighted by Gasteiger charge is -2.13. The van der Waals surface area contributed by atoms with Gasteiger partial charge in [-0.25, -0.2) is 0 Å². The third-order valence-electron chi connectivity index (χ3n) is 2.51. The largest absolute Gasteiger partial charge is 0.508 e. The number of aromatic hydroxyl groups is 1. The van der Waals surface area contributed by atoms with E-state index in [1.807, 2.05) is 24.4 Å². The van der Waals surface area contributed by atoms with E-state index in [4.69, 9.17) is 11.6 Å². The summed E-state index contributed by atoms with van der Waals surface area (Å²) in [4.78, 5) is 13.1. The van der Waals surface area contributed by atoms with Gasteiger partial charge in [0.15, 0.2) is 0 Å². The molecule has 94 valence electrons. The summed E-state index contributed by atoms with van der Waals surface area (Å²) >= 11 is 7.51. The predicted octanol–water partition coefficient (Wildman–Crippen LogP) is 3.60. The second kappa shape index (κ2) is 5.42. The minimum Gasteiger partial charge on any atom is -0.508 e. The summed E-state index contributed by atoms with van der Waals surface area (Å²) in [6.45, 7) is 1.90. The summed E-state index contributed by atoms with van der Waals surface area (Å²) in [6, 6.07) is 8.11. The lowest BCUT2D eigenvalue weighted by atomic mass is 10.2. The SMILES string of the molecule is CC(NC(=O)c1cc(O)ccc1Cl)c1cccs1. The smallest absolute Gasteiger partial charge is 0.253 e. The van der Waals surface area contributed by atoms with Crippen LogP contribution in [-0.2, 0) is 0 Å². The first-order valence-corrected chi connectivity index (χ1v) is 6.66. The number of phenolic OH excluding ortho intramolecular Hbond substituents is 1. The molecule has 5 heteroatoms. The van der Waals surface area contributed by atoms with E-state index in [1.165, 1.54) is 18.2 Å². The molecule has 1 aromatic carbocycles. The molecule has 0 fully saturated rings. The number of thiophene rings is 1. The highest BCUT2D eigenvalue weighted by molar-refractivity contribution is 7.10. The molecule has 1 unspecified atom stereocenters. The highest BCUT2D eigenvalue weighted by Gasteiger charge is 2.15.